The Morgan fingerprint density at radius 1 is 1.20 bits per heavy atom. The molecule has 0 bridgehead atoms. The summed E-state index contributed by atoms with van der Waals surface area (Å²) in [4.78, 5) is 2.15. The van der Waals surface area contributed by atoms with E-state index in [9.17, 15) is 13.2 Å². The third kappa shape index (κ3) is 5.59. The summed E-state index contributed by atoms with van der Waals surface area (Å²) in [6.07, 6.45) is 0.324. The number of hydrogen-bond acceptors (Lipinski definition) is 4. The van der Waals surface area contributed by atoms with Crippen molar-refractivity contribution in [1.82, 2.24) is 4.90 Å². The molecule has 1 aromatic rings. The van der Waals surface area contributed by atoms with E-state index < -0.39 is 17.9 Å². The molecule has 0 aromatic heterocycles. The van der Waals surface area contributed by atoms with Crippen LogP contribution in [0.2, 0.25) is 0 Å². The molecule has 1 saturated heterocycles. The van der Waals surface area contributed by atoms with Crippen LogP contribution >= 0.6 is 0 Å². The minimum Gasteiger partial charge on any atom is -0.381 e. The Morgan fingerprint density at radius 2 is 1.84 bits per heavy atom. The minimum absolute atomic E-state index is 0.0961. The molecule has 1 fully saturated rings. The molecule has 0 radical (unpaired) electrons. The monoisotopic (exact) mass is 360 g/mol. The summed E-state index contributed by atoms with van der Waals surface area (Å²) in [7, 11) is 0. The van der Waals surface area contributed by atoms with Crippen LogP contribution in [0.3, 0.4) is 0 Å². The molecule has 1 aliphatic heterocycles. The predicted octanol–water partition coefficient (Wildman–Crippen LogP) is 3.88. The Morgan fingerprint density at radius 3 is 2.40 bits per heavy atom. The number of ether oxygens (including phenoxy) is 2. The number of anilines is 1. The van der Waals surface area contributed by atoms with Gasteiger partial charge in [0.15, 0.2) is 6.29 Å². The van der Waals surface area contributed by atoms with E-state index in [-0.39, 0.29) is 18.3 Å². The third-order valence-electron chi connectivity index (χ3n) is 4.20. The molecule has 1 aromatic carbocycles. The van der Waals surface area contributed by atoms with Crippen LogP contribution in [0, 0.1) is 11.6 Å². The molecule has 0 saturated carbocycles. The number of nitrogens with zero attached hydrogens (tertiary/aromatic N) is 1. The molecule has 0 spiro atoms. The maximum atomic E-state index is 14.4. The Bertz CT molecular complexity index is 516. The van der Waals surface area contributed by atoms with Gasteiger partial charge in [-0.2, -0.15) is 0 Å². The lowest BCUT2D eigenvalue weighted by atomic mass is 10.1. The number of halogens is 3. The first-order valence-electron chi connectivity index (χ1n) is 8.86. The second kappa shape index (κ2) is 9.99. The van der Waals surface area contributed by atoms with Gasteiger partial charge in [0.2, 0.25) is 0 Å². The first-order chi connectivity index (χ1) is 12.1. The Hall–Kier alpha value is -1.31. The van der Waals surface area contributed by atoms with Gasteiger partial charge in [-0.05, 0) is 38.8 Å². The van der Waals surface area contributed by atoms with Crippen LogP contribution in [0.25, 0.3) is 0 Å². The molecular formula is C18H27F3N2O2. The molecule has 1 aliphatic rings. The highest BCUT2D eigenvalue weighted by Gasteiger charge is 2.25. The fraction of sp³-hybridized carbons (Fsp3) is 0.667. The fourth-order valence-electron chi connectivity index (χ4n) is 3.08. The maximum absolute atomic E-state index is 14.4. The minimum atomic E-state index is -1.05. The molecule has 142 valence electrons. The first kappa shape index (κ1) is 20.0. The van der Waals surface area contributed by atoms with E-state index in [4.69, 9.17) is 9.47 Å². The summed E-state index contributed by atoms with van der Waals surface area (Å²) in [6.45, 7) is 6.05. The summed E-state index contributed by atoms with van der Waals surface area (Å²) >= 11 is 0. The van der Waals surface area contributed by atoms with Gasteiger partial charge in [-0.25, -0.2) is 8.78 Å². The molecule has 1 unspecified atom stereocenters. The molecule has 25 heavy (non-hydrogen) atoms. The Balaban J connectivity index is 2.04. The van der Waals surface area contributed by atoms with Gasteiger partial charge in [0.1, 0.15) is 11.6 Å². The van der Waals surface area contributed by atoms with Gasteiger partial charge >= 0.3 is 0 Å². The van der Waals surface area contributed by atoms with Crippen LogP contribution < -0.4 is 5.32 Å². The molecule has 4 nitrogen and oxygen atoms in total. The number of alkyl halides is 1. The van der Waals surface area contributed by atoms with E-state index in [1.54, 1.807) is 13.8 Å². The van der Waals surface area contributed by atoms with Crippen LogP contribution in [0.5, 0.6) is 0 Å². The zero-order valence-corrected chi connectivity index (χ0v) is 14.9. The van der Waals surface area contributed by atoms with E-state index in [0.717, 1.165) is 19.5 Å². The lowest BCUT2D eigenvalue weighted by Crippen LogP contribution is -2.27. The number of nitrogens with one attached hydrogen (secondary N) is 1. The number of likely N-dealkylation sites (tertiary alicyclic amines) is 1. The molecule has 1 N–H and O–H groups in total. The summed E-state index contributed by atoms with van der Waals surface area (Å²) < 4.78 is 51.7. The summed E-state index contributed by atoms with van der Waals surface area (Å²) in [5.41, 5.74) is 0.188. The summed E-state index contributed by atoms with van der Waals surface area (Å²) in [6, 6.07) is 2.64. The van der Waals surface area contributed by atoms with Gasteiger partial charge in [-0.1, -0.05) is 0 Å². The van der Waals surface area contributed by atoms with Crippen LogP contribution in [-0.4, -0.2) is 50.5 Å². The van der Waals surface area contributed by atoms with Crippen molar-refractivity contribution in [1.29, 1.82) is 0 Å². The van der Waals surface area contributed by atoms with E-state index in [2.05, 4.69) is 10.2 Å². The maximum Gasteiger partial charge on any atom is 0.189 e. The second-order valence-electron chi connectivity index (χ2n) is 6.07. The highest BCUT2D eigenvalue weighted by atomic mass is 19.1. The van der Waals surface area contributed by atoms with Crippen molar-refractivity contribution in [3.63, 3.8) is 0 Å². The Labute approximate surface area is 147 Å². The highest BCUT2D eigenvalue weighted by Crippen LogP contribution is 2.29. The number of rotatable bonds is 10. The zero-order valence-electron chi connectivity index (χ0n) is 14.9. The summed E-state index contributed by atoms with van der Waals surface area (Å²) in [5.74, 6) is -1.39. The van der Waals surface area contributed by atoms with Gasteiger partial charge in [-0.15, -0.1) is 0 Å². The quantitative estimate of drug-likeness (QED) is 0.642. The zero-order chi connectivity index (χ0) is 18.2. The van der Waals surface area contributed by atoms with Crippen molar-refractivity contribution < 1.29 is 22.6 Å². The third-order valence-corrected chi connectivity index (χ3v) is 4.20. The van der Waals surface area contributed by atoms with Crippen LogP contribution in [-0.2, 0) is 9.47 Å². The van der Waals surface area contributed by atoms with Crippen molar-refractivity contribution in [2.24, 2.45) is 0 Å². The van der Waals surface area contributed by atoms with Crippen molar-refractivity contribution >= 4 is 5.69 Å². The normalized spacial score (nSPS) is 18.2. The lowest BCUT2D eigenvalue weighted by Gasteiger charge is -2.20. The first-order valence-corrected chi connectivity index (χ1v) is 8.86. The summed E-state index contributed by atoms with van der Waals surface area (Å²) in [5, 5.41) is 3.16. The van der Waals surface area contributed by atoms with Gasteiger partial charge in [0, 0.05) is 44.6 Å². The van der Waals surface area contributed by atoms with Crippen molar-refractivity contribution in [2.75, 3.05) is 44.8 Å². The second-order valence-corrected chi connectivity index (χ2v) is 6.07. The molecule has 7 heteroatoms. The molecule has 0 amide bonds. The van der Waals surface area contributed by atoms with Crippen LogP contribution in [0.4, 0.5) is 18.9 Å². The molecule has 1 heterocycles. The number of hydrogen-bond donors (Lipinski definition) is 1. The van der Waals surface area contributed by atoms with E-state index in [0.29, 0.717) is 31.9 Å². The lowest BCUT2D eigenvalue weighted by molar-refractivity contribution is -0.143. The van der Waals surface area contributed by atoms with Gasteiger partial charge in [0.25, 0.3) is 0 Å². The van der Waals surface area contributed by atoms with Gasteiger partial charge in [0.05, 0.1) is 12.2 Å². The SMILES string of the molecule is CCOC(OCC)c1c(F)cc(NC2CCN(CCCF)C2)cc1F. The predicted molar refractivity (Wildman–Crippen MR) is 91.4 cm³/mol. The highest BCUT2D eigenvalue weighted by molar-refractivity contribution is 5.47. The molecular weight excluding hydrogens is 333 g/mol. The average Bonchev–Trinajstić information content (AvgIpc) is 3.00. The van der Waals surface area contributed by atoms with Gasteiger partial charge in [-0.3, -0.25) is 4.39 Å². The Kier molecular flexibility index (Phi) is 7.99. The van der Waals surface area contributed by atoms with Crippen molar-refractivity contribution in [3.8, 4) is 0 Å². The van der Waals surface area contributed by atoms with Crippen molar-refractivity contribution in [3.05, 3.63) is 29.3 Å². The largest absolute Gasteiger partial charge is 0.381 e. The van der Waals surface area contributed by atoms with Crippen LogP contribution in [0.15, 0.2) is 12.1 Å². The topological polar surface area (TPSA) is 33.7 Å². The smallest absolute Gasteiger partial charge is 0.189 e. The van der Waals surface area contributed by atoms with E-state index in [1.807, 2.05) is 0 Å². The molecule has 2 rings (SSSR count). The van der Waals surface area contributed by atoms with Crippen molar-refractivity contribution in [2.45, 2.75) is 39.0 Å². The van der Waals surface area contributed by atoms with Gasteiger partial charge < -0.3 is 19.7 Å². The van der Waals surface area contributed by atoms with Crippen LogP contribution in [0.1, 0.15) is 38.5 Å². The molecule has 0 aliphatic carbocycles. The number of benzene rings is 1. The standard InChI is InChI=1S/C18H27F3N2O2/c1-3-24-18(25-4-2)17-15(20)10-14(11-16(17)21)22-13-6-9-23(12-13)8-5-7-19/h10-11,13,18,22H,3-9,12H2,1-2H3. The van der Waals surface area contributed by atoms with E-state index >= 15 is 0 Å². The molecule has 1 atom stereocenters. The average molecular weight is 360 g/mol. The van der Waals surface area contributed by atoms with E-state index in [1.165, 1.54) is 12.1 Å². The fourth-order valence-corrected chi connectivity index (χ4v) is 3.08.